The van der Waals surface area contributed by atoms with Crippen molar-refractivity contribution < 1.29 is 18.0 Å². The molecule has 2 aromatic carbocycles. The molecule has 0 aliphatic carbocycles. The summed E-state index contributed by atoms with van der Waals surface area (Å²) in [6.45, 7) is 3.63. The summed E-state index contributed by atoms with van der Waals surface area (Å²) in [4.78, 5) is 27.6. The molecule has 2 aromatic rings. The van der Waals surface area contributed by atoms with Gasteiger partial charge in [-0.1, -0.05) is 58.5 Å². The van der Waals surface area contributed by atoms with E-state index in [2.05, 4.69) is 21.2 Å². The van der Waals surface area contributed by atoms with Crippen molar-refractivity contribution in [3.05, 3.63) is 62.5 Å². The van der Waals surface area contributed by atoms with Gasteiger partial charge in [0.15, 0.2) is 0 Å². The van der Waals surface area contributed by atoms with Gasteiger partial charge in [-0.25, -0.2) is 8.42 Å². The molecule has 0 aliphatic rings. The number of sulfonamides is 1. The second kappa shape index (κ2) is 12.8. The highest BCUT2D eigenvalue weighted by Gasteiger charge is 2.30. The SMILES string of the molecule is CCCCNC(=O)[C@@H](C)N(Cc1ccc(Cl)cc1Cl)C(=O)CN(c1ccc(Br)cc1)S(C)(=O)=O. The van der Waals surface area contributed by atoms with Crippen molar-refractivity contribution in [3.8, 4) is 0 Å². The Kier molecular flexibility index (Phi) is 10.7. The van der Waals surface area contributed by atoms with Crippen LogP contribution in [0.25, 0.3) is 0 Å². The Bertz CT molecular complexity index is 1110. The highest BCUT2D eigenvalue weighted by atomic mass is 79.9. The van der Waals surface area contributed by atoms with Crippen molar-refractivity contribution in [1.82, 2.24) is 10.2 Å². The first-order chi connectivity index (χ1) is 15.9. The minimum atomic E-state index is -3.78. The van der Waals surface area contributed by atoms with Gasteiger partial charge in [0.05, 0.1) is 11.9 Å². The smallest absolute Gasteiger partial charge is 0.244 e. The number of nitrogens with zero attached hydrogens (tertiary/aromatic N) is 2. The normalized spacial score (nSPS) is 12.2. The molecule has 0 heterocycles. The van der Waals surface area contributed by atoms with E-state index in [1.165, 1.54) is 4.90 Å². The average molecular weight is 593 g/mol. The highest BCUT2D eigenvalue weighted by Crippen LogP contribution is 2.25. The van der Waals surface area contributed by atoms with Crippen molar-refractivity contribution >= 4 is 66.7 Å². The van der Waals surface area contributed by atoms with Crippen molar-refractivity contribution in [2.75, 3.05) is 23.7 Å². The maximum atomic E-state index is 13.5. The fraction of sp³-hybridized carbons (Fsp3) is 0.391. The number of amides is 2. The van der Waals surface area contributed by atoms with Gasteiger partial charge in [-0.2, -0.15) is 0 Å². The van der Waals surface area contributed by atoms with Gasteiger partial charge in [0, 0.05) is 27.6 Å². The molecule has 7 nitrogen and oxygen atoms in total. The van der Waals surface area contributed by atoms with Crippen molar-refractivity contribution in [2.24, 2.45) is 0 Å². The van der Waals surface area contributed by atoms with Crippen LogP contribution in [0.3, 0.4) is 0 Å². The van der Waals surface area contributed by atoms with E-state index in [1.54, 1.807) is 49.4 Å². The van der Waals surface area contributed by atoms with E-state index in [4.69, 9.17) is 23.2 Å². The van der Waals surface area contributed by atoms with E-state index in [0.29, 0.717) is 27.8 Å². The minimum Gasteiger partial charge on any atom is -0.354 e. The second-order valence-corrected chi connectivity index (χ2v) is 11.5. The number of anilines is 1. The molecule has 0 bridgehead atoms. The molecule has 0 unspecified atom stereocenters. The Morgan fingerprint density at radius 3 is 2.32 bits per heavy atom. The first-order valence-corrected chi connectivity index (χ1v) is 14.1. The van der Waals surface area contributed by atoms with Crippen LogP contribution in [0.4, 0.5) is 5.69 Å². The molecule has 1 N–H and O–H groups in total. The van der Waals surface area contributed by atoms with E-state index in [0.717, 1.165) is 27.9 Å². The minimum absolute atomic E-state index is 0.00907. The van der Waals surface area contributed by atoms with Crippen LogP contribution in [0.15, 0.2) is 46.9 Å². The first-order valence-electron chi connectivity index (χ1n) is 10.7. The highest BCUT2D eigenvalue weighted by molar-refractivity contribution is 9.10. The lowest BCUT2D eigenvalue weighted by molar-refractivity contribution is -0.139. The van der Waals surface area contributed by atoms with Crippen LogP contribution in [0.5, 0.6) is 0 Å². The molecule has 2 rings (SSSR count). The number of nitrogens with one attached hydrogen (secondary N) is 1. The maximum absolute atomic E-state index is 13.5. The zero-order chi connectivity index (χ0) is 25.5. The molecular weight excluding hydrogens is 565 g/mol. The van der Waals surface area contributed by atoms with Crippen LogP contribution in [0.1, 0.15) is 32.3 Å². The standard InChI is InChI=1S/C23H28BrCl2N3O4S/c1-4-5-12-27-23(31)16(2)28(14-17-6-9-19(25)13-21(17)26)22(30)15-29(34(3,32)33)20-10-7-18(24)8-11-20/h6-11,13,16H,4-5,12,14-15H2,1-3H3,(H,27,31)/t16-/m1/s1. The molecule has 11 heteroatoms. The Morgan fingerprint density at radius 2 is 1.76 bits per heavy atom. The van der Waals surface area contributed by atoms with Gasteiger partial charge in [0.1, 0.15) is 12.6 Å². The van der Waals surface area contributed by atoms with Gasteiger partial charge in [0.25, 0.3) is 0 Å². The van der Waals surface area contributed by atoms with Crippen LogP contribution < -0.4 is 9.62 Å². The molecule has 0 saturated carbocycles. The molecule has 0 spiro atoms. The lowest BCUT2D eigenvalue weighted by Crippen LogP contribution is -2.51. The number of hydrogen-bond donors (Lipinski definition) is 1. The van der Waals surface area contributed by atoms with Gasteiger partial charge < -0.3 is 10.2 Å². The van der Waals surface area contributed by atoms with E-state index in [1.807, 2.05) is 6.92 Å². The summed E-state index contributed by atoms with van der Waals surface area (Å²) in [5.74, 6) is -0.876. The molecule has 34 heavy (non-hydrogen) atoms. The van der Waals surface area contributed by atoms with Gasteiger partial charge >= 0.3 is 0 Å². The molecule has 0 fully saturated rings. The van der Waals surface area contributed by atoms with Crippen molar-refractivity contribution in [3.63, 3.8) is 0 Å². The second-order valence-electron chi connectivity index (χ2n) is 7.82. The zero-order valence-electron chi connectivity index (χ0n) is 19.2. The lowest BCUT2D eigenvalue weighted by Gasteiger charge is -2.31. The maximum Gasteiger partial charge on any atom is 0.244 e. The summed E-state index contributed by atoms with van der Waals surface area (Å²) in [6, 6.07) is 10.6. The lowest BCUT2D eigenvalue weighted by atomic mass is 10.1. The number of benzene rings is 2. The quantitative estimate of drug-likeness (QED) is 0.378. The number of carbonyl (C=O) groups is 2. The third kappa shape index (κ3) is 8.15. The molecule has 0 aliphatic heterocycles. The Labute approximate surface area is 219 Å². The summed E-state index contributed by atoms with van der Waals surface area (Å²) in [7, 11) is -3.78. The first kappa shape index (κ1) is 28.4. The van der Waals surface area contributed by atoms with E-state index < -0.39 is 28.5 Å². The van der Waals surface area contributed by atoms with Crippen LogP contribution in [0, 0.1) is 0 Å². The average Bonchev–Trinajstić information content (AvgIpc) is 2.76. The van der Waals surface area contributed by atoms with Crippen LogP contribution in [-0.2, 0) is 26.2 Å². The van der Waals surface area contributed by atoms with Gasteiger partial charge in [0.2, 0.25) is 21.8 Å². The summed E-state index contributed by atoms with van der Waals surface area (Å²) in [5.41, 5.74) is 0.922. The Hall–Kier alpha value is -1.81. The number of hydrogen-bond acceptors (Lipinski definition) is 4. The molecular formula is C23H28BrCl2N3O4S. The molecule has 1 atom stereocenters. The van der Waals surface area contributed by atoms with E-state index in [-0.39, 0.29) is 12.5 Å². The van der Waals surface area contributed by atoms with Crippen molar-refractivity contribution in [1.29, 1.82) is 0 Å². The molecule has 186 valence electrons. The number of carbonyl (C=O) groups excluding carboxylic acids is 2. The molecule has 0 saturated heterocycles. The predicted molar refractivity (Wildman–Crippen MR) is 141 cm³/mol. The number of halogens is 3. The van der Waals surface area contributed by atoms with Crippen LogP contribution in [-0.4, -0.2) is 50.5 Å². The predicted octanol–water partition coefficient (Wildman–Crippen LogP) is 4.86. The molecule has 0 aromatic heterocycles. The largest absolute Gasteiger partial charge is 0.354 e. The zero-order valence-corrected chi connectivity index (χ0v) is 23.1. The fourth-order valence-electron chi connectivity index (χ4n) is 3.17. The Balaban J connectivity index is 2.37. The third-order valence-corrected chi connectivity index (χ3v) is 7.40. The van der Waals surface area contributed by atoms with Crippen molar-refractivity contribution in [2.45, 2.75) is 39.3 Å². The summed E-state index contributed by atoms with van der Waals surface area (Å²) in [6.07, 6.45) is 2.75. The van der Waals surface area contributed by atoms with Gasteiger partial charge in [-0.3, -0.25) is 13.9 Å². The summed E-state index contributed by atoms with van der Waals surface area (Å²) in [5, 5.41) is 3.61. The number of unbranched alkanes of at least 4 members (excludes halogenated alkanes) is 1. The van der Waals surface area contributed by atoms with E-state index in [9.17, 15) is 18.0 Å². The van der Waals surface area contributed by atoms with Crippen LogP contribution in [0.2, 0.25) is 10.0 Å². The van der Waals surface area contributed by atoms with Gasteiger partial charge in [-0.05, 0) is 55.3 Å². The summed E-state index contributed by atoms with van der Waals surface area (Å²) >= 11 is 15.6. The van der Waals surface area contributed by atoms with Gasteiger partial charge in [-0.15, -0.1) is 0 Å². The third-order valence-electron chi connectivity index (χ3n) is 5.15. The van der Waals surface area contributed by atoms with Crippen LogP contribution >= 0.6 is 39.1 Å². The molecule has 2 amide bonds. The van der Waals surface area contributed by atoms with E-state index >= 15 is 0 Å². The Morgan fingerprint density at radius 1 is 1.12 bits per heavy atom. The number of rotatable bonds is 11. The topological polar surface area (TPSA) is 86.8 Å². The molecule has 0 radical (unpaired) electrons. The summed E-state index contributed by atoms with van der Waals surface area (Å²) < 4.78 is 26.8. The fourth-order valence-corrected chi connectivity index (χ4v) is 4.76. The monoisotopic (exact) mass is 591 g/mol.